The van der Waals surface area contributed by atoms with Crippen LogP contribution in [0.3, 0.4) is 0 Å². The summed E-state index contributed by atoms with van der Waals surface area (Å²) in [6.45, 7) is 0.545. The van der Waals surface area contributed by atoms with Crippen molar-refractivity contribution in [1.82, 2.24) is 0 Å². The van der Waals surface area contributed by atoms with Crippen LogP contribution in [0.1, 0.15) is 27.9 Å². The Kier molecular flexibility index (Phi) is 3.10. The quantitative estimate of drug-likeness (QED) is 0.766. The number of benzene rings is 1. The monoisotopic (exact) mass is 222 g/mol. The Bertz CT molecular complexity index is 412. The second kappa shape index (κ2) is 4.53. The van der Waals surface area contributed by atoms with Gasteiger partial charge in [0.1, 0.15) is 5.75 Å². The molecule has 16 heavy (non-hydrogen) atoms. The number of hydrogen-bond acceptors (Lipinski definition) is 4. The molecule has 1 aliphatic heterocycles. The lowest BCUT2D eigenvalue weighted by atomic mass is 9.97. The Morgan fingerprint density at radius 3 is 3.06 bits per heavy atom. The van der Waals surface area contributed by atoms with Gasteiger partial charge in [-0.05, 0) is 30.5 Å². The highest BCUT2D eigenvalue weighted by Gasteiger charge is 2.20. The molecule has 0 radical (unpaired) electrons. The van der Waals surface area contributed by atoms with Crippen molar-refractivity contribution in [1.29, 1.82) is 0 Å². The zero-order valence-corrected chi connectivity index (χ0v) is 9.16. The van der Waals surface area contributed by atoms with E-state index in [9.17, 15) is 4.79 Å². The van der Waals surface area contributed by atoms with E-state index < -0.39 is 0 Å². The van der Waals surface area contributed by atoms with Crippen LogP contribution in [-0.4, -0.2) is 24.8 Å². The molecule has 1 aromatic rings. The van der Waals surface area contributed by atoms with E-state index in [-0.39, 0.29) is 12.6 Å². The first-order valence-corrected chi connectivity index (χ1v) is 5.24. The molecule has 0 fully saturated rings. The van der Waals surface area contributed by atoms with Crippen molar-refractivity contribution >= 4 is 5.97 Å². The maximum atomic E-state index is 11.6. The van der Waals surface area contributed by atoms with Crippen LogP contribution in [0.4, 0.5) is 0 Å². The van der Waals surface area contributed by atoms with Gasteiger partial charge in [-0.1, -0.05) is 0 Å². The van der Waals surface area contributed by atoms with Gasteiger partial charge in [0.05, 0.1) is 25.9 Å². The third kappa shape index (κ3) is 1.88. The van der Waals surface area contributed by atoms with Crippen LogP contribution in [0, 0.1) is 0 Å². The number of aliphatic hydroxyl groups is 1. The van der Waals surface area contributed by atoms with Gasteiger partial charge in [0.15, 0.2) is 0 Å². The smallest absolute Gasteiger partial charge is 0.338 e. The maximum Gasteiger partial charge on any atom is 0.338 e. The summed E-state index contributed by atoms with van der Waals surface area (Å²) < 4.78 is 10.2. The summed E-state index contributed by atoms with van der Waals surface area (Å²) >= 11 is 0. The molecule has 4 nitrogen and oxygen atoms in total. The van der Waals surface area contributed by atoms with Crippen LogP contribution in [0.5, 0.6) is 5.75 Å². The van der Waals surface area contributed by atoms with E-state index in [4.69, 9.17) is 14.6 Å². The molecule has 1 aliphatic rings. The van der Waals surface area contributed by atoms with Crippen molar-refractivity contribution in [3.8, 4) is 5.75 Å². The lowest BCUT2D eigenvalue weighted by Gasteiger charge is -2.20. The molecule has 0 saturated carbocycles. The molecule has 0 amide bonds. The molecule has 0 atom stereocenters. The number of hydrogen-bond donors (Lipinski definition) is 1. The Balaban J connectivity index is 2.51. The molecular weight excluding hydrogens is 208 g/mol. The minimum Gasteiger partial charge on any atom is -0.493 e. The molecule has 4 heteroatoms. The molecule has 0 spiro atoms. The van der Waals surface area contributed by atoms with Crippen molar-refractivity contribution in [2.24, 2.45) is 0 Å². The maximum absolute atomic E-state index is 11.6. The summed E-state index contributed by atoms with van der Waals surface area (Å²) in [7, 11) is 1.35. The molecule has 0 saturated heterocycles. The number of fused-ring (bicyclic) bond motifs is 1. The number of rotatable bonds is 2. The molecule has 0 bridgehead atoms. The normalized spacial score (nSPS) is 13.9. The molecular formula is C12H14O4. The van der Waals surface area contributed by atoms with E-state index in [1.54, 1.807) is 12.1 Å². The molecule has 1 aromatic carbocycles. The lowest BCUT2D eigenvalue weighted by molar-refractivity contribution is 0.0598. The van der Waals surface area contributed by atoms with E-state index in [2.05, 4.69) is 0 Å². The van der Waals surface area contributed by atoms with Crippen LogP contribution in [-0.2, 0) is 17.8 Å². The second-order valence-electron chi connectivity index (χ2n) is 3.72. The molecule has 1 heterocycles. The van der Waals surface area contributed by atoms with Gasteiger partial charge >= 0.3 is 5.97 Å². The van der Waals surface area contributed by atoms with Gasteiger partial charge in [-0.25, -0.2) is 4.79 Å². The predicted octanol–water partition coefficient (Wildman–Crippen LogP) is 1.29. The molecule has 1 N–H and O–H groups in total. The number of carbonyl (C=O) groups excluding carboxylic acids is 1. The minimum atomic E-state index is -0.378. The summed E-state index contributed by atoms with van der Waals surface area (Å²) in [5, 5.41) is 9.11. The van der Waals surface area contributed by atoms with Crippen molar-refractivity contribution < 1.29 is 19.4 Å². The van der Waals surface area contributed by atoms with Crippen molar-refractivity contribution in [3.63, 3.8) is 0 Å². The highest BCUT2D eigenvalue weighted by Crippen LogP contribution is 2.30. The first kappa shape index (κ1) is 11.0. The summed E-state index contributed by atoms with van der Waals surface area (Å²) in [6.07, 6.45) is 1.71. The van der Waals surface area contributed by atoms with Gasteiger partial charge < -0.3 is 14.6 Å². The van der Waals surface area contributed by atoms with E-state index >= 15 is 0 Å². The van der Waals surface area contributed by atoms with Crippen molar-refractivity contribution in [2.75, 3.05) is 13.7 Å². The zero-order chi connectivity index (χ0) is 11.5. The van der Waals surface area contributed by atoms with E-state index in [1.165, 1.54) is 7.11 Å². The fraction of sp³-hybridized carbons (Fsp3) is 0.417. The molecule has 0 aliphatic carbocycles. The highest BCUT2D eigenvalue weighted by atomic mass is 16.5. The summed E-state index contributed by atoms with van der Waals surface area (Å²) in [5.74, 6) is 0.315. The van der Waals surface area contributed by atoms with Gasteiger partial charge in [0, 0.05) is 5.56 Å². The summed E-state index contributed by atoms with van der Waals surface area (Å²) in [5.41, 5.74) is 2.06. The van der Waals surface area contributed by atoms with Gasteiger partial charge in [-0.3, -0.25) is 0 Å². The molecule has 0 aromatic heterocycles. The number of esters is 1. The first-order chi connectivity index (χ1) is 7.76. The average Bonchev–Trinajstić information content (AvgIpc) is 2.36. The number of aliphatic hydroxyl groups excluding tert-OH is 1. The Labute approximate surface area is 93.8 Å². The van der Waals surface area contributed by atoms with Crippen LogP contribution in [0.25, 0.3) is 0 Å². The topological polar surface area (TPSA) is 55.8 Å². The fourth-order valence-corrected chi connectivity index (χ4v) is 1.90. The Morgan fingerprint density at radius 2 is 2.38 bits per heavy atom. The number of carbonyl (C=O) groups is 1. The van der Waals surface area contributed by atoms with E-state index in [0.717, 1.165) is 18.4 Å². The third-order valence-corrected chi connectivity index (χ3v) is 2.69. The van der Waals surface area contributed by atoms with Crippen molar-refractivity contribution in [2.45, 2.75) is 19.4 Å². The van der Waals surface area contributed by atoms with Crippen molar-refractivity contribution in [3.05, 3.63) is 28.8 Å². The Hall–Kier alpha value is -1.55. The largest absolute Gasteiger partial charge is 0.493 e. The highest BCUT2D eigenvalue weighted by molar-refractivity contribution is 5.92. The van der Waals surface area contributed by atoms with Crippen LogP contribution in [0.2, 0.25) is 0 Å². The van der Waals surface area contributed by atoms with Crippen LogP contribution < -0.4 is 4.74 Å². The third-order valence-electron chi connectivity index (χ3n) is 2.69. The molecule has 86 valence electrons. The van der Waals surface area contributed by atoms with Crippen LogP contribution >= 0.6 is 0 Å². The van der Waals surface area contributed by atoms with Gasteiger partial charge in [-0.2, -0.15) is 0 Å². The lowest BCUT2D eigenvalue weighted by Crippen LogP contribution is -2.15. The zero-order valence-electron chi connectivity index (χ0n) is 9.16. The summed E-state index contributed by atoms with van der Waals surface area (Å²) in [6, 6.07) is 3.44. The number of methoxy groups -OCH3 is 1. The fourth-order valence-electron chi connectivity index (χ4n) is 1.90. The predicted molar refractivity (Wildman–Crippen MR) is 57.5 cm³/mol. The van der Waals surface area contributed by atoms with Gasteiger partial charge in [0.2, 0.25) is 0 Å². The average molecular weight is 222 g/mol. The molecule has 2 rings (SSSR count). The first-order valence-electron chi connectivity index (χ1n) is 5.24. The Morgan fingerprint density at radius 1 is 1.56 bits per heavy atom. The van der Waals surface area contributed by atoms with Gasteiger partial charge in [0.25, 0.3) is 0 Å². The van der Waals surface area contributed by atoms with E-state index in [0.29, 0.717) is 23.5 Å². The SMILES string of the molecule is COC(=O)c1cc(CO)cc2c1CCCO2. The van der Waals surface area contributed by atoms with Gasteiger partial charge in [-0.15, -0.1) is 0 Å². The number of ether oxygens (including phenoxy) is 2. The second-order valence-corrected chi connectivity index (χ2v) is 3.72. The minimum absolute atomic E-state index is 0.110. The van der Waals surface area contributed by atoms with E-state index in [1.807, 2.05) is 0 Å². The summed E-state index contributed by atoms with van der Waals surface area (Å²) in [4.78, 5) is 11.6. The standard InChI is InChI=1S/C12H14O4/c1-15-12(14)10-5-8(7-13)6-11-9(10)3-2-4-16-11/h5-6,13H,2-4,7H2,1H3. The molecule has 0 unspecified atom stereocenters. The van der Waals surface area contributed by atoms with Crippen LogP contribution in [0.15, 0.2) is 12.1 Å².